The van der Waals surface area contributed by atoms with E-state index < -0.39 is 0 Å². The Morgan fingerprint density at radius 2 is 2.22 bits per heavy atom. The molecule has 1 aliphatic rings. The van der Waals surface area contributed by atoms with Gasteiger partial charge in [0.25, 0.3) is 0 Å². The lowest BCUT2D eigenvalue weighted by molar-refractivity contribution is -0.120. The minimum absolute atomic E-state index is 0.141. The molecule has 1 fully saturated rings. The van der Waals surface area contributed by atoms with Crippen molar-refractivity contribution in [2.24, 2.45) is 17.6 Å². The second-order valence-electron chi connectivity index (χ2n) is 5.27. The van der Waals surface area contributed by atoms with Gasteiger partial charge in [0.2, 0.25) is 11.8 Å². The first-order chi connectivity index (χ1) is 8.60. The van der Waals surface area contributed by atoms with Crippen LogP contribution in [0.25, 0.3) is 0 Å². The number of aromatic nitrogens is 2. The van der Waals surface area contributed by atoms with Crippen molar-refractivity contribution in [3.63, 3.8) is 0 Å². The molecule has 1 aromatic rings. The molecule has 1 amide bonds. The molecule has 1 aromatic heterocycles. The van der Waals surface area contributed by atoms with Crippen LogP contribution in [0.4, 0.5) is 6.01 Å². The first kappa shape index (κ1) is 13.0. The number of anilines is 1. The summed E-state index contributed by atoms with van der Waals surface area (Å²) in [6.07, 6.45) is 2.94. The van der Waals surface area contributed by atoms with Gasteiger partial charge in [-0.15, -0.1) is 5.10 Å². The minimum atomic E-state index is -0.207. The summed E-state index contributed by atoms with van der Waals surface area (Å²) in [7, 11) is 0. The number of carbonyl (C=O) groups excluding carboxylic acids is 1. The zero-order valence-electron chi connectivity index (χ0n) is 10.8. The molecule has 0 saturated heterocycles. The third-order valence-electron chi connectivity index (χ3n) is 3.01. The van der Waals surface area contributed by atoms with E-state index in [0.29, 0.717) is 24.3 Å². The number of nitrogens with two attached hydrogens (primary N) is 1. The molecule has 1 heterocycles. The number of rotatable bonds is 6. The van der Waals surface area contributed by atoms with Gasteiger partial charge in [-0.1, -0.05) is 18.9 Å². The molecule has 0 spiro atoms. The van der Waals surface area contributed by atoms with Gasteiger partial charge in [0.1, 0.15) is 0 Å². The van der Waals surface area contributed by atoms with E-state index in [1.165, 1.54) is 0 Å². The highest BCUT2D eigenvalue weighted by atomic mass is 16.4. The molecule has 6 heteroatoms. The van der Waals surface area contributed by atoms with Crippen molar-refractivity contribution in [3.8, 4) is 0 Å². The third kappa shape index (κ3) is 3.29. The Morgan fingerprint density at radius 3 is 2.78 bits per heavy atom. The average molecular weight is 252 g/mol. The summed E-state index contributed by atoms with van der Waals surface area (Å²) in [6.45, 7) is 4.45. The monoisotopic (exact) mass is 252 g/mol. The molecule has 0 bridgehead atoms. The van der Waals surface area contributed by atoms with Crippen LogP contribution in [0.15, 0.2) is 4.42 Å². The van der Waals surface area contributed by atoms with Gasteiger partial charge >= 0.3 is 6.01 Å². The normalized spacial score (nSPS) is 16.9. The summed E-state index contributed by atoms with van der Waals surface area (Å²) >= 11 is 0. The van der Waals surface area contributed by atoms with Crippen molar-refractivity contribution in [2.75, 3.05) is 11.9 Å². The molecule has 0 radical (unpaired) electrons. The number of hydrogen-bond donors (Lipinski definition) is 2. The maximum absolute atomic E-state index is 12.0. The van der Waals surface area contributed by atoms with E-state index in [-0.39, 0.29) is 17.8 Å². The van der Waals surface area contributed by atoms with Crippen LogP contribution in [0.1, 0.15) is 44.9 Å². The van der Waals surface area contributed by atoms with Gasteiger partial charge in [-0.25, -0.2) is 0 Å². The highest BCUT2D eigenvalue weighted by Crippen LogP contribution is 2.39. The predicted molar refractivity (Wildman–Crippen MR) is 66.9 cm³/mol. The molecule has 1 saturated carbocycles. The van der Waals surface area contributed by atoms with Crippen LogP contribution in [0.5, 0.6) is 0 Å². The Morgan fingerprint density at radius 1 is 1.50 bits per heavy atom. The zero-order valence-corrected chi connectivity index (χ0v) is 10.8. The fraction of sp³-hybridized carbons (Fsp3) is 0.750. The summed E-state index contributed by atoms with van der Waals surface area (Å²) in [5.41, 5.74) is 5.61. The minimum Gasteiger partial charge on any atom is -0.408 e. The van der Waals surface area contributed by atoms with E-state index in [0.717, 1.165) is 19.3 Å². The van der Waals surface area contributed by atoms with Crippen molar-refractivity contribution >= 4 is 11.9 Å². The Hall–Kier alpha value is -1.43. The summed E-state index contributed by atoms with van der Waals surface area (Å²) in [6, 6.07) is 0.184. The van der Waals surface area contributed by atoms with Crippen LogP contribution >= 0.6 is 0 Å². The fourth-order valence-corrected chi connectivity index (χ4v) is 1.87. The zero-order chi connectivity index (χ0) is 13.1. The van der Waals surface area contributed by atoms with Crippen LogP contribution in [0.3, 0.4) is 0 Å². The van der Waals surface area contributed by atoms with Crippen molar-refractivity contribution in [1.82, 2.24) is 10.2 Å². The fourth-order valence-electron chi connectivity index (χ4n) is 1.87. The number of hydrogen-bond acceptors (Lipinski definition) is 5. The van der Waals surface area contributed by atoms with Crippen LogP contribution in [0.2, 0.25) is 0 Å². The largest absolute Gasteiger partial charge is 0.408 e. The number of amides is 1. The second kappa shape index (κ2) is 5.48. The van der Waals surface area contributed by atoms with Gasteiger partial charge in [0.05, 0.1) is 5.92 Å². The Kier molecular flexibility index (Phi) is 3.96. The van der Waals surface area contributed by atoms with E-state index >= 15 is 0 Å². The lowest BCUT2D eigenvalue weighted by Crippen LogP contribution is -2.30. The number of nitrogens with one attached hydrogen (secondary N) is 1. The topological polar surface area (TPSA) is 94.0 Å². The summed E-state index contributed by atoms with van der Waals surface area (Å²) in [5.74, 6) is 1.09. The smallest absolute Gasteiger partial charge is 0.322 e. The van der Waals surface area contributed by atoms with Gasteiger partial charge in [0.15, 0.2) is 0 Å². The van der Waals surface area contributed by atoms with Crippen LogP contribution < -0.4 is 11.1 Å². The average Bonchev–Trinajstić information content (AvgIpc) is 3.07. The first-order valence-corrected chi connectivity index (χ1v) is 6.44. The van der Waals surface area contributed by atoms with E-state index in [4.69, 9.17) is 10.2 Å². The maximum atomic E-state index is 12.0. The van der Waals surface area contributed by atoms with Gasteiger partial charge in [-0.3, -0.25) is 10.1 Å². The quantitative estimate of drug-likeness (QED) is 0.800. The second-order valence-corrected chi connectivity index (χ2v) is 5.27. The van der Waals surface area contributed by atoms with Gasteiger partial charge < -0.3 is 10.2 Å². The molecule has 2 rings (SSSR count). The molecule has 1 aliphatic carbocycles. The predicted octanol–water partition coefficient (Wildman–Crippen LogP) is 1.51. The number of nitrogens with zero attached hydrogens (tertiary/aromatic N) is 2. The molecule has 0 aromatic carbocycles. The molecule has 6 nitrogen and oxygen atoms in total. The molecule has 100 valence electrons. The molecule has 3 N–H and O–H groups in total. The van der Waals surface area contributed by atoms with E-state index in [9.17, 15) is 4.79 Å². The Labute approximate surface area is 106 Å². The molecular weight excluding hydrogens is 232 g/mol. The van der Waals surface area contributed by atoms with Crippen LogP contribution in [-0.4, -0.2) is 22.6 Å². The van der Waals surface area contributed by atoms with E-state index in [2.05, 4.69) is 29.4 Å². The third-order valence-corrected chi connectivity index (χ3v) is 3.01. The molecule has 18 heavy (non-hydrogen) atoms. The van der Waals surface area contributed by atoms with E-state index in [1.807, 2.05) is 0 Å². The molecular formula is C12H20N4O2. The SMILES string of the molecule is CC(C)CC(CN)C(=O)Nc1nnc(C2CC2)o1. The van der Waals surface area contributed by atoms with Crippen molar-refractivity contribution < 1.29 is 9.21 Å². The lowest BCUT2D eigenvalue weighted by atomic mass is 9.96. The van der Waals surface area contributed by atoms with Crippen LogP contribution in [-0.2, 0) is 4.79 Å². The van der Waals surface area contributed by atoms with Crippen molar-refractivity contribution in [2.45, 2.75) is 39.0 Å². The van der Waals surface area contributed by atoms with Gasteiger partial charge in [0, 0.05) is 12.5 Å². The highest BCUT2D eigenvalue weighted by Gasteiger charge is 2.30. The number of carbonyl (C=O) groups is 1. The Bertz CT molecular complexity index is 412. The lowest BCUT2D eigenvalue weighted by Gasteiger charge is -2.14. The van der Waals surface area contributed by atoms with Gasteiger partial charge in [-0.2, -0.15) is 0 Å². The van der Waals surface area contributed by atoms with Gasteiger partial charge in [-0.05, 0) is 25.2 Å². The van der Waals surface area contributed by atoms with E-state index in [1.54, 1.807) is 0 Å². The Balaban J connectivity index is 1.91. The first-order valence-electron chi connectivity index (χ1n) is 6.44. The molecule has 1 unspecified atom stereocenters. The van der Waals surface area contributed by atoms with Crippen molar-refractivity contribution in [1.29, 1.82) is 0 Å². The van der Waals surface area contributed by atoms with Crippen LogP contribution in [0, 0.1) is 11.8 Å². The highest BCUT2D eigenvalue weighted by molar-refractivity contribution is 5.90. The summed E-state index contributed by atoms with van der Waals surface area (Å²) in [5, 5.41) is 10.4. The summed E-state index contributed by atoms with van der Waals surface area (Å²) in [4.78, 5) is 12.0. The van der Waals surface area contributed by atoms with Crippen molar-refractivity contribution in [3.05, 3.63) is 5.89 Å². The summed E-state index contributed by atoms with van der Waals surface area (Å²) < 4.78 is 5.38. The molecule has 1 atom stereocenters. The standard InChI is InChI=1S/C12H20N4O2/c1-7(2)5-9(6-13)10(17)14-12-16-15-11(18-12)8-3-4-8/h7-9H,3-6,13H2,1-2H3,(H,14,16,17). The maximum Gasteiger partial charge on any atom is 0.322 e. The molecule has 0 aliphatic heterocycles.